The van der Waals surface area contributed by atoms with Gasteiger partial charge in [0.25, 0.3) is 5.91 Å². The second-order valence-corrected chi connectivity index (χ2v) is 7.29. The maximum atomic E-state index is 12.8. The second-order valence-electron chi connectivity index (χ2n) is 7.29. The molecule has 0 saturated carbocycles. The molecule has 1 aliphatic rings. The van der Waals surface area contributed by atoms with Crippen LogP contribution in [-0.2, 0) is 22.4 Å². The van der Waals surface area contributed by atoms with Crippen LogP contribution in [-0.4, -0.2) is 34.4 Å². The van der Waals surface area contributed by atoms with E-state index in [1.807, 2.05) is 30.3 Å². The van der Waals surface area contributed by atoms with Crippen molar-refractivity contribution in [2.24, 2.45) is 0 Å². The van der Waals surface area contributed by atoms with Gasteiger partial charge < -0.3 is 14.8 Å². The summed E-state index contributed by atoms with van der Waals surface area (Å²) in [6.45, 7) is -1.64. The molecular formula is C23H21F2N3O4. The maximum Gasteiger partial charge on any atom is 0.387 e. The minimum absolute atomic E-state index is 0.0509. The van der Waals surface area contributed by atoms with Crippen molar-refractivity contribution in [1.82, 2.24) is 9.78 Å². The normalized spacial score (nSPS) is 13.5. The summed E-state index contributed by atoms with van der Waals surface area (Å²) in [7, 11) is 0. The van der Waals surface area contributed by atoms with Gasteiger partial charge in [-0.25, -0.2) is 9.48 Å². The lowest BCUT2D eigenvalue weighted by Crippen LogP contribution is -2.30. The summed E-state index contributed by atoms with van der Waals surface area (Å²) >= 11 is 0. The molecule has 9 heteroatoms. The third kappa shape index (κ3) is 4.46. The Morgan fingerprint density at radius 3 is 2.53 bits per heavy atom. The zero-order chi connectivity index (χ0) is 22.7. The molecule has 7 nitrogen and oxygen atoms in total. The van der Waals surface area contributed by atoms with Crippen LogP contribution in [0.5, 0.6) is 5.75 Å². The molecule has 1 amide bonds. The molecule has 4 rings (SSSR count). The molecule has 0 radical (unpaired) electrons. The molecule has 1 heterocycles. The molecule has 1 unspecified atom stereocenters. The summed E-state index contributed by atoms with van der Waals surface area (Å²) in [5.74, 6) is -1.57. The molecule has 1 aromatic heterocycles. The summed E-state index contributed by atoms with van der Waals surface area (Å²) in [5.41, 5.74) is 2.85. The van der Waals surface area contributed by atoms with E-state index in [-0.39, 0.29) is 17.1 Å². The number of nitrogens with zero attached hydrogens (tertiary/aromatic N) is 2. The predicted octanol–water partition coefficient (Wildman–Crippen LogP) is 4.15. The number of fused-ring (bicyclic) bond motifs is 1. The molecule has 1 aliphatic carbocycles. The number of nitrogens with one attached hydrogen (secondary N) is 1. The van der Waals surface area contributed by atoms with Gasteiger partial charge in [-0.1, -0.05) is 30.3 Å². The molecule has 0 aliphatic heterocycles. The number of aromatic nitrogens is 2. The van der Waals surface area contributed by atoms with Gasteiger partial charge in [0.2, 0.25) is 0 Å². The van der Waals surface area contributed by atoms with E-state index in [0.717, 1.165) is 29.8 Å². The standard InChI is InChI=1S/C23H21F2N3O4/c1-14(21(29)26-17-11-5-6-13-19(17)32-23(24)25)31-22(30)20-16-10-7-12-18(16)28(27-20)15-8-3-2-4-9-15/h2-6,8-9,11,13-14,23H,7,10,12H2,1H3,(H,26,29). The molecule has 0 saturated heterocycles. The number of carbonyl (C=O) groups is 2. The number of benzene rings is 2. The van der Waals surface area contributed by atoms with Crippen LogP contribution in [0.3, 0.4) is 0 Å². The monoisotopic (exact) mass is 441 g/mol. The van der Waals surface area contributed by atoms with Crippen molar-refractivity contribution in [1.29, 1.82) is 0 Å². The highest BCUT2D eigenvalue weighted by Crippen LogP contribution is 2.29. The van der Waals surface area contributed by atoms with Crippen molar-refractivity contribution in [3.05, 3.63) is 71.5 Å². The number of hydrogen-bond donors (Lipinski definition) is 1. The van der Waals surface area contributed by atoms with E-state index in [4.69, 9.17) is 4.74 Å². The largest absolute Gasteiger partial charge is 0.448 e. The minimum Gasteiger partial charge on any atom is -0.448 e. The molecule has 2 aromatic carbocycles. The summed E-state index contributed by atoms with van der Waals surface area (Å²) in [4.78, 5) is 25.3. The lowest BCUT2D eigenvalue weighted by atomic mass is 10.2. The first-order chi connectivity index (χ1) is 15.4. The first-order valence-corrected chi connectivity index (χ1v) is 10.2. The second kappa shape index (κ2) is 9.17. The average molecular weight is 441 g/mol. The zero-order valence-electron chi connectivity index (χ0n) is 17.3. The molecule has 166 valence electrons. The van der Waals surface area contributed by atoms with Crippen LogP contribution in [0.4, 0.5) is 14.5 Å². The molecule has 32 heavy (non-hydrogen) atoms. The summed E-state index contributed by atoms with van der Waals surface area (Å²) in [5, 5.41) is 6.91. The van der Waals surface area contributed by atoms with Crippen LogP contribution >= 0.6 is 0 Å². The molecule has 3 aromatic rings. The Kier molecular flexibility index (Phi) is 6.16. The number of alkyl halides is 2. The van der Waals surface area contributed by atoms with E-state index in [1.54, 1.807) is 10.7 Å². The first-order valence-electron chi connectivity index (χ1n) is 10.2. The van der Waals surface area contributed by atoms with Gasteiger partial charge in [-0.05, 0) is 50.5 Å². The fraction of sp³-hybridized carbons (Fsp3) is 0.261. The third-order valence-electron chi connectivity index (χ3n) is 5.14. The van der Waals surface area contributed by atoms with E-state index < -0.39 is 24.6 Å². The van der Waals surface area contributed by atoms with E-state index in [9.17, 15) is 18.4 Å². The Hall–Kier alpha value is -3.75. The van der Waals surface area contributed by atoms with Crippen molar-refractivity contribution in [2.45, 2.75) is 38.9 Å². The first kappa shape index (κ1) is 21.5. The number of para-hydroxylation sites is 3. The van der Waals surface area contributed by atoms with E-state index in [0.29, 0.717) is 6.42 Å². The summed E-state index contributed by atoms with van der Waals surface area (Å²) < 4.78 is 36.6. The topological polar surface area (TPSA) is 82.5 Å². The smallest absolute Gasteiger partial charge is 0.387 e. The molecule has 1 N–H and O–H groups in total. The van der Waals surface area contributed by atoms with Crippen LogP contribution in [0.15, 0.2) is 54.6 Å². The lowest BCUT2D eigenvalue weighted by Gasteiger charge is -2.15. The molecule has 1 atom stereocenters. The maximum absolute atomic E-state index is 12.8. The highest BCUT2D eigenvalue weighted by molar-refractivity contribution is 5.98. The van der Waals surface area contributed by atoms with Gasteiger partial charge in [0.1, 0.15) is 5.75 Å². The number of halogens is 2. The van der Waals surface area contributed by atoms with Crippen LogP contribution in [0.1, 0.15) is 35.1 Å². The van der Waals surface area contributed by atoms with Gasteiger partial charge >= 0.3 is 12.6 Å². The highest BCUT2D eigenvalue weighted by atomic mass is 19.3. The van der Waals surface area contributed by atoms with Crippen LogP contribution in [0.2, 0.25) is 0 Å². The van der Waals surface area contributed by atoms with Gasteiger partial charge in [0, 0.05) is 11.3 Å². The van der Waals surface area contributed by atoms with E-state index in [2.05, 4.69) is 15.2 Å². The van der Waals surface area contributed by atoms with Crippen molar-refractivity contribution >= 4 is 17.6 Å². The van der Waals surface area contributed by atoms with Crippen LogP contribution < -0.4 is 10.1 Å². The summed E-state index contributed by atoms with van der Waals surface area (Å²) in [6.07, 6.45) is 1.21. The zero-order valence-corrected chi connectivity index (χ0v) is 17.3. The molecule has 0 bridgehead atoms. The number of rotatable bonds is 7. The Labute approximate surface area is 182 Å². The number of amides is 1. The Morgan fingerprint density at radius 1 is 1.06 bits per heavy atom. The van der Waals surface area contributed by atoms with Crippen LogP contribution in [0.25, 0.3) is 5.69 Å². The number of ether oxygens (including phenoxy) is 2. The molecular weight excluding hydrogens is 420 g/mol. The highest BCUT2D eigenvalue weighted by Gasteiger charge is 2.30. The van der Waals surface area contributed by atoms with Gasteiger partial charge in [0.15, 0.2) is 11.8 Å². The molecule has 0 spiro atoms. The summed E-state index contributed by atoms with van der Waals surface area (Å²) in [6, 6.07) is 15.2. The Bertz CT molecular complexity index is 1130. The van der Waals surface area contributed by atoms with E-state index >= 15 is 0 Å². The number of hydrogen-bond acceptors (Lipinski definition) is 5. The number of anilines is 1. The van der Waals surface area contributed by atoms with Crippen LogP contribution in [0, 0.1) is 0 Å². The van der Waals surface area contributed by atoms with Gasteiger partial charge in [-0.3, -0.25) is 4.79 Å². The van der Waals surface area contributed by atoms with Crippen molar-refractivity contribution in [3.8, 4) is 11.4 Å². The molecule has 0 fully saturated rings. The van der Waals surface area contributed by atoms with Gasteiger partial charge in [-0.15, -0.1) is 0 Å². The Balaban J connectivity index is 1.49. The quantitative estimate of drug-likeness (QED) is 0.557. The lowest BCUT2D eigenvalue weighted by molar-refractivity contribution is -0.123. The minimum atomic E-state index is -3.04. The van der Waals surface area contributed by atoms with Crippen molar-refractivity contribution < 1.29 is 27.8 Å². The number of esters is 1. The average Bonchev–Trinajstić information content (AvgIpc) is 3.38. The SMILES string of the molecule is CC(OC(=O)c1nn(-c2ccccc2)c2c1CCC2)C(=O)Nc1ccccc1OC(F)F. The number of carbonyl (C=O) groups excluding carboxylic acids is 2. The third-order valence-corrected chi connectivity index (χ3v) is 5.14. The van der Waals surface area contributed by atoms with Crippen molar-refractivity contribution in [3.63, 3.8) is 0 Å². The predicted molar refractivity (Wildman–Crippen MR) is 112 cm³/mol. The van der Waals surface area contributed by atoms with Gasteiger partial charge in [0.05, 0.1) is 11.4 Å². The van der Waals surface area contributed by atoms with Crippen molar-refractivity contribution in [2.75, 3.05) is 5.32 Å². The fourth-order valence-electron chi connectivity index (χ4n) is 3.66. The Morgan fingerprint density at radius 2 is 1.78 bits per heavy atom. The van der Waals surface area contributed by atoms with E-state index in [1.165, 1.54) is 25.1 Å². The fourth-order valence-corrected chi connectivity index (χ4v) is 3.66. The van der Waals surface area contributed by atoms with Gasteiger partial charge in [-0.2, -0.15) is 13.9 Å².